The zero-order valence-electron chi connectivity index (χ0n) is 14.0. The molecule has 4 rings (SSSR count). The van der Waals surface area contributed by atoms with Gasteiger partial charge in [0, 0.05) is 28.7 Å². The van der Waals surface area contributed by atoms with Crippen molar-refractivity contribution >= 4 is 28.4 Å². The van der Waals surface area contributed by atoms with E-state index in [1.54, 1.807) is 0 Å². The first-order valence-electron chi connectivity index (χ1n) is 8.80. The first-order chi connectivity index (χ1) is 12.2. The number of hydrogen-bond donors (Lipinski definition) is 2. The van der Waals surface area contributed by atoms with Crippen LogP contribution in [0.3, 0.4) is 0 Å². The first kappa shape index (κ1) is 16.2. The molecule has 4 heteroatoms. The molecule has 1 amide bonds. The summed E-state index contributed by atoms with van der Waals surface area (Å²) in [5.41, 5.74) is 3.45. The fourth-order valence-corrected chi connectivity index (χ4v) is 3.63. The molecule has 25 heavy (non-hydrogen) atoms. The maximum atomic E-state index is 12.8. The molecule has 1 aromatic heterocycles. The van der Waals surface area contributed by atoms with Crippen LogP contribution in [-0.2, 0) is 11.2 Å². The minimum atomic E-state index is -0.0553. The third-order valence-electron chi connectivity index (χ3n) is 4.97. The highest BCUT2D eigenvalue weighted by Crippen LogP contribution is 2.42. The van der Waals surface area contributed by atoms with Crippen molar-refractivity contribution in [3.63, 3.8) is 0 Å². The van der Waals surface area contributed by atoms with Crippen LogP contribution in [0.5, 0.6) is 0 Å². The lowest BCUT2D eigenvalue weighted by molar-refractivity contribution is -0.123. The van der Waals surface area contributed by atoms with Gasteiger partial charge in [0.2, 0.25) is 5.91 Å². The molecule has 3 aromatic rings. The zero-order valence-corrected chi connectivity index (χ0v) is 14.7. The number of amides is 1. The Kier molecular flexibility index (Phi) is 4.50. The number of benzene rings is 2. The lowest BCUT2D eigenvalue weighted by atomic mass is 9.93. The highest BCUT2D eigenvalue weighted by molar-refractivity contribution is 6.30. The van der Waals surface area contributed by atoms with Crippen molar-refractivity contribution in [1.82, 2.24) is 10.3 Å². The molecule has 1 aliphatic carbocycles. The molecule has 0 spiro atoms. The van der Waals surface area contributed by atoms with E-state index in [1.807, 2.05) is 42.6 Å². The smallest absolute Gasteiger partial charge is 0.227 e. The van der Waals surface area contributed by atoms with E-state index in [4.69, 9.17) is 11.6 Å². The highest BCUT2D eigenvalue weighted by atomic mass is 35.5. The fourth-order valence-electron chi connectivity index (χ4n) is 3.51. The van der Waals surface area contributed by atoms with Gasteiger partial charge in [0.25, 0.3) is 0 Å². The van der Waals surface area contributed by atoms with Crippen molar-refractivity contribution in [2.45, 2.75) is 25.2 Å². The van der Waals surface area contributed by atoms with Crippen LogP contribution >= 0.6 is 11.6 Å². The summed E-state index contributed by atoms with van der Waals surface area (Å²) in [6.45, 7) is 0.650. The van der Waals surface area contributed by atoms with Crippen LogP contribution in [0, 0.1) is 5.92 Å². The molecule has 1 atom stereocenters. The Morgan fingerprint density at radius 2 is 1.92 bits per heavy atom. The first-order valence-corrected chi connectivity index (χ1v) is 9.18. The molecule has 1 heterocycles. The van der Waals surface area contributed by atoms with Crippen molar-refractivity contribution in [3.8, 4) is 0 Å². The van der Waals surface area contributed by atoms with Crippen LogP contribution < -0.4 is 5.32 Å². The van der Waals surface area contributed by atoms with Gasteiger partial charge in [-0.2, -0.15) is 0 Å². The predicted octanol–water partition coefficient (Wildman–Crippen LogP) is 4.67. The second-order valence-electron chi connectivity index (χ2n) is 6.77. The van der Waals surface area contributed by atoms with Gasteiger partial charge in [0.05, 0.1) is 5.92 Å². The van der Waals surface area contributed by atoms with Crippen molar-refractivity contribution in [3.05, 3.63) is 70.9 Å². The number of rotatable bonds is 6. The molecule has 1 saturated carbocycles. The molecule has 1 fully saturated rings. The largest absolute Gasteiger partial charge is 0.361 e. The number of nitrogens with one attached hydrogen (secondary N) is 2. The molecule has 2 N–H and O–H groups in total. The molecule has 0 bridgehead atoms. The van der Waals surface area contributed by atoms with Crippen LogP contribution in [0.15, 0.2) is 54.7 Å². The van der Waals surface area contributed by atoms with E-state index in [-0.39, 0.29) is 11.8 Å². The molecule has 0 radical (unpaired) electrons. The predicted molar refractivity (Wildman–Crippen MR) is 102 cm³/mol. The Morgan fingerprint density at radius 1 is 1.16 bits per heavy atom. The zero-order chi connectivity index (χ0) is 17.2. The summed E-state index contributed by atoms with van der Waals surface area (Å²) in [6.07, 6.45) is 5.12. The van der Waals surface area contributed by atoms with E-state index in [1.165, 1.54) is 10.9 Å². The highest BCUT2D eigenvalue weighted by Gasteiger charge is 2.37. The normalized spacial score (nSPS) is 15.2. The summed E-state index contributed by atoms with van der Waals surface area (Å²) in [7, 11) is 0. The van der Waals surface area contributed by atoms with E-state index in [9.17, 15) is 4.79 Å². The number of aromatic nitrogens is 1. The minimum Gasteiger partial charge on any atom is -0.361 e. The van der Waals surface area contributed by atoms with Crippen molar-refractivity contribution in [2.75, 3.05) is 6.54 Å². The molecular weight excluding hydrogens is 332 g/mol. The van der Waals surface area contributed by atoms with E-state index < -0.39 is 0 Å². The average molecular weight is 353 g/mol. The Labute approximate surface area is 152 Å². The van der Waals surface area contributed by atoms with Gasteiger partial charge in [-0.15, -0.1) is 0 Å². The summed E-state index contributed by atoms with van der Waals surface area (Å²) in [5, 5.41) is 5.07. The number of halogens is 1. The van der Waals surface area contributed by atoms with Gasteiger partial charge in [-0.25, -0.2) is 0 Å². The number of aromatic amines is 1. The molecule has 1 aliphatic rings. The lowest BCUT2D eigenvalue weighted by Gasteiger charge is -2.17. The Bertz CT molecular complexity index is 880. The quantitative estimate of drug-likeness (QED) is 0.665. The van der Waals surface area contributed by atoms with Crippen LogP contribution in [0.1, 0.15) is 29.9 Å². The van der Waals surface area contributed by atoms with Gasteiger partial charge >= 0.3 is 0 Å². The number of H-pyrrole nitrogens is 1. The standard InChI is InChI=1S/C21H21ClN2O/c22-17-9-7-15(8-10-17)20(14-5-6-14)21(25)23-12-11-16-13-24-19-4-2-1-3-18(16)19/h1-4,7-10,13-14,20,24H,5-6,11-12H2,(H,23,25). The minimum absolute atomic E-state index is 0.0553. The lowest BCUT2D eigenvalue weighted by Crippen LogP contribution is -2.32. The SMILES string of the molecule is O=C(NCCc1c[nH]c2ccccc12)C(c1ccc(Cl)cc1)C1CC1. The van der Waals surface area contributed by atoms with Gasteiger partial charge < -0.3 is 10.3 Å². The third kappa shape index (κ3) is 3.57. The Balaban J connectivity index is 1.41. The summed E-state index contributed by atoms with van der Waals surface area (Å²) >= 11 is 5.98. The van der Waals surface area contributed by atoms with Crippen molar-refractivity contribution < 1.29 is 4.79 Å². The monoisotopic (exact) mass is 352 g/mol. The molecule has 1 unspecified atom stereocenters. The van der Waals surface area contributed by atoms with Crippen LogP contribution in [0.4, 0.5) is 0 Å². The fraction of sp³-hybridized carbons (Fsp3) is 0.286. The average Bonchev–Trinajstić information content (AvgIpc) is 3.37. The summed E-state index contributed by atoms with van der Waals surface area (Å²) in [6, 6.07) is 15.9. The van der Waals surface area contributed by atoms with Gasteiger partial charge in [0.15, 0.2) is 0 Å². The second-order valence-corrected chi connectivity index (χ2v) is 7.20. The van der Waals surface area contributed by atoms with E-state index in [0.29, 0.717) is 17.5 Å². The van der Waals surface area contributed by atoms with Crippen LogP contribution in [-0.4, -0.2) is 17.4 Å². The molecule has 3 nitrogen and oxygen atoms in total. The topological polar surface area (TPSA) is 44.9 Å². The number of fused-ring (bicyclic) bond motifs is 1. The van der Waals surface area contributed by atoms with Crippen molar-refractivity contribution in [2.24, 2.45) is 5.92 Å². The third-order valence-corrected chi connectivity index (χ3v) is 5.23. The molecule has 128 valence electrons. The molecule has 0 aliphatic heterocycles. The van der Waals surface area contributed by atoms with E-state index >= 15 is 0 Å². The Hall–Kier alpha value is -2.26. The van der Waals surface area contributed by atoms with E-state index in [2.05, 4.69) is 22.4 Å². The summed E-state index contributed by atoms with van der Waals surface area (Å²) < 4.78 is 0. The van der Waals surface area contributed by atoms with Crippen LogP contribution in [0.2, 0.25) is 5.02 Å². The number of hydrogen-bond acceptors (Lipinski definition) is 1. The van der Waals surface area contributed by atoms with Gasteiger partial charge in [-0.05, 0) is 54.5 Å². The van der Waals surface area contributed by atoms with Gasteiger partial charge in [-0.3, -0.25) is 4.79 Å². The van der Waals surface area contributed by atoms with Gasteiger partial charge in [-0.1, -0.05) is 41.9 Å². The summed E-state index contributed by atoms with van der Waals surface area (Å²) in [4.78, 5) is 16.0. The number of carbonyl (C=O) groups excluding carboxylic acids is 1. The second kappa shape index (κ2) is 6.93. The van der Waals surface area contributed by atoms with Crippen LogP contribution in [0.25, 0.3) is 10.9 Å². The maximum Gasteiger partial charge on any atom is 0.227 e. The Morgan fingerprint density at radius 3 is 2.68 bits per heavy atom. The van der Waals surface area contributed by atoms with Crippen molar-refractivity contribution in [1.29, 1.82) is 0 Å². The number of carbonyl (C=O) groups is 1. The number of para-hydroxylation sites is 1. The molecule has 0 saturated heterocycles. The van der Waals surface area contributed by atoms with Gasteiger partial charge in [0.1, 0.15) is 0 Å². The molecule has 2 aromatic carbocycles. The summed E-state index contributed by atoms with van der Waals surface area (Å²) in [5.74, 6) is 0.541. The maximum absolute atomic E-state index is 12.8. The van der Waals surface area contributed by atoms with E-state index in [0.717, 1.165) is 30.3 Å². The molecular formula is C21H21ClN2O.